The van der Waals surface area contributed by atoms with Crippen molar-refractivity contribution in [2.45, 2.75) is 65.2 Å². The zero-order chi connectivity index (χ0) is 33.9. The number of alkyl carbamates (subject to hydrolysis) is 1. The summed E-state index contributed by atoms with van der Waals surface area (Å²) < 4.78 is 32.0. The second kappa shape index (κ2) is 20.2. The number of hydrogen-bond acceptors (Lipinski definition) is 11. The number of esters is 1. The van der Waals surface area contributed by atoms with E-state index in [9.17, 15) is 24.0 Å². The van der Waals surface area contributed by atoms with Gasteiger partial charge in [-0.25, -0.2) is 9.59 Å². The molecular formula is C30H47N3O12. The number of carbonyl (C=O) groups excluding carboxylic acids is 4. The summed E-state index contributed by atoms with van der Waals surface area (Å²) in [7, 11) is 0. The molecule has 0 bridgehead atoms. The highest BCUT2D eigenvalue weighted by molar-refractivity contribution is 6.06. The molecule has 254 valence electrons. The average molecular weight is 642 g/mol. The molecule has 0 unspecified atom stereocenters. The number of carboxylic acid groups (broad SMARTS) is 1. The highest BCUT2D eigenvalue weighted by atomic mass is 16.6. The Labute approximate surface area is 263 Å². The van der Waals surface area contributed by atoms with Gasteiger partial charge in [0.15, 0.2) is 6.04 Å². The smallest absolute Gasteiger partial charge is 0.408 e. The van der Waals surface area contributed by atoms with E-state index >= 15 is 0 Å². The van der Waals surface area contributed by atoms with Crippen molar-refractivity contribution < 1.29 is 57.5 Å². The fourth-order valence-electron chi connectivity index (χ4n) is 3.29. The third-order valence-corrected chi connectivity index (χ3v) is 5.10. The molecule has 15 nitrogen and oxygen atoms in total. The van der Waals surface area contributed by atoms with Crippen LogP contribution in [-0.2, 0) is 38.1 Å². The number of aromatic carboxylic acids is 1. The standard InChI is InChI=1S/C30H47N3O12/c1-29(2,3)44-23(34)10-11-31-25(35)24(33-28(39)45-30(4,5)6)26(36)32-12-13-40-14-15-41-16-17-42-18-19-43-22-9-7-8-21(20-22)27(37)38/h7-9,20,24H,10-19H2,1-6H3,(H,31,35)(H,32,36)(H,33,39)(H,37,38)/t24-/m1/s1. The summed E-state index contributed by atoms with van der Waals surface area (Å²) >= 11 is 0. The van der Waals surface area contributed by atoms with E-state index in [1.807, 2.05) is 0 Å². The van der Waals surface area contributed by atoms with Crippen LogP contribution in [0.5, 0.6) is 5.75 Å². The number of ether oxygens (including phenoxy) is 6. The Morgan fingerprint density at radius 3 is 1.82 bits per heavy atom. The molecule has 0 spiro atoms. The van der Waals surface area contributed by atoms with Crippen LogP contribution in [0.3, 0.4) is 0 Å². The second-order valence-electron chi connectivity index (χ2n) is 11.5. The fraction of sp³-hybridized carbons (Fsp3) is 0.633. The van der Waals surface area contributed by atoms with Crippen molar-refractivity contribution in [2.75, 3.05) is 59.3 Å². The van der Waals surface area contributed by atoms with Crippen LogP contribution in [0, 0.1) is 0 Å². The number of carboxylic acids is 1. The van der Waals surface area contributed by atoms with Gasteiger partial charge in [-0.2, -0.15) is 0 Å². The quantitative estimate of drug-likeness (QED) is 0.0914. The molecule has 0 aliphatic heterocycles. The lowest BCUT2D eigenvalue weighted by atomic mass is 10.2. The topological polar surface area (TPSA) is 197 Å². The Morgan fingerprint density at radius 2 is 1.27 bits per heavy atom. The minimum absolute atomic E-state index is 0.0506. The van der Waals surface area contributed by atoms with Gasteiger partial charge in [-0.3, -0.25) is 14.4 Å². The third-order valence-electron chi connectivity index (χ3n) is 5.10. The van der Waals surface area contributed by atoms with Gasteiger partial charge < -0.3 is 49.5 Å². The van der Waals surface area contributed by atoms with Gasteiger partial charge in [0.2, 0.25) is 0 Å². The zero-order valence-electron chi connectivity index (χ0n) is 26.9. The molecule has 0 saturated carbocycles. The van der Waals surface area contributed by atoms with Crippen LogP contribution in [0.25, 0.3) is 0 Å². The normalized spacial score (nSPS) is 12.0. The molecule has 1 rings (SSSR count). The molecule has 0 fully saturated rings. The Bertz CT molecular complexity index is 1100. The van der Waals surface area contributed by atoms with Crippen LogP contribution in [0.15, 0.2) is 24.3 Å². The van der Waals surface area contributed by atoms with Gasteiger partial charge >= 0.3 is 18.0 Å². The summed E-state index contributed by atoms with van der Waals surface area (Å²) in [4.78, 5) is 60.5. The van der Waals surface area contributed by atoms with E-state index in [4.69, 9.17) is 33.5 Å². The molecule has 0 saturated heterocycles. The molecule has 45 heavy (non-hydrogen) atoms. The molecule has 15 heteroatoms. The number of benzene rings is 1. The van der Waals surface area contributed by atoms with E-state index in [-0.39, 0.29) is 51.5 Å². The van der Waals surface area contributed by atoms with Gasteiger partial charge in [-0.15, -0.1) is 0 Å². The average Bonchev–Trinajstić information content (AvgIpc) is 2.92. The fourth-order valence-corrected chi connectivity index (χ4v) is 3.29. The van der Waals surface area contributed by atoms with Crippen molar-refractivity contribution in [2.24, 2.45) is 0 Å². The molecule has 0 aliphatic carbocycles. The lowest BCUT2D eigenvalue weighted by Crippen LogP contribution is -2.56. The minimum Gasteiger partial charge on any atom is -0.491 e. The molecule has 0 heterocycles. The molecule has 0 aliphatic rings. The summed E-state index contributed by atoms with van der Waals surface area (Å²) in [5.41, 5.74) is -1.39. The largest absolute Gasteiger partial charge is 0.491 e. The molecule has 1 atom stereocenters. The number of amides is 3. The maximum atomic E-state index is 12.7. The minimum atomic E-state index is -1.61. The highest BCUT2D eigenvalue weighted by Crippen LogP contribution is 2.13. The van der Waals surface area contributed by atoms with Crippen LogP contribution < -0.4 is 20.7 Å². The van der Waals surface area contributed by atoms with Gasteiger partial charge in [0.1, 0.15) is 23.6 Å². The summed E-state index contributed by atoms with van der Waals surface area (Å²) in [6.07, 6.45) is -1.08. The van der Waals surface area contributed by atoms with Crippen LogP contribution in [0.4, 0.5) is 4.79 Å². The molecule has 1 aromatic carbocycles. The van der Waals surface area contributed by atoms with E-state index in [1.54, 1.807) is 53.7 Å². The van der Waals surface area contributed by atoms with Crippen molar-refractivity contribution in [3.63, 3.8) is 0 Å². The van der Waals surface area contributed by atoms with Gasteiger partial charge in [-0.05, 0) is 59.7 Å². The first-order valence-electron chi connectivity index (χ1n) is 14.5. The lowest BCUT2D eigenvalue weighted by molar-refractivity contribution is -0.154. The predicted molar refractivity (Wildman–Crippen MR) is 161 cm³/mol. The lowest BCUT2D eigenvalue weighted by Gasteiger charge is -2.23. The summed E-state index contributed by atoms with van der Waals surface area (Å²) in [5, 5.41) is 16.2. The Balaban J connectivity index is 2.28. The first-order chi connectivity index (χ1) is 21.1. The Hall–Kier alpha value is -3.95. The summed E-state index contributed by atoms with van der Waals surface area (Å²) in [6.45, 7) is 11.8. The van der Waals surface area contributed by atoms with Gasteiger partial charge in [-0.1, -0.05) is 6.07 Å². The number of rotatable bonds is 20. The number of carbonyl (C=O) groups is 5. The first kappa shape index (κ1) is 39.1. The maximum absolute atomic E-state index is 12.7. The molecule has 0 aromatic heterocycles. The molecule has 1 aromatic rings. The number of nitrogens with one attached hydrogen (secondary N) is 3. The van der Waals surface area contributed by atoms with E-state index in [0.717, 1.165) is 0 Å². The highest BCUT2D eigenvalue weighted by Gasteiger charge is 2.30. The van der Waals surface area contributed by atoms with Crippen LogP contribution in [0.1, 0.15) is 58.3 Å². The van der Waals surface area contributed by atoms with E-state index in [1.165, 1.54) is 12.1 Å². The van der Waals surface area contributed by atoms with E-state index in [2.05, 4.69) is 16.0 Å². The van der Waals surface area contributed by atoms with E-state index < -0.39 is 47.1 Å². The zero-order valence-corrected chi connectivity index (χ0v) is 26.9. The van der Waals surface area contributed by atoms with Gasteiger partial charge in [0.05, 0.1) is 51.6 Å². The van der Waals surface area contributed by atoms with Crippen molar-refractivity contribution in [1.29, 1.82) is 0 Å². The maximum Gasteiger partial charge on any atom is 0.408 e. The van der Waals surface area contributed by atoms with Gasteiger partial charge in [0, 0.05) is 13.1 Å². The molecular weight excluding hydrogens is 594 g/mol. The summed E-state index contributed by atoms with van der Waals surface area (Å²) in [6, 6.07) is 4.56. The monoisotopic (exact) mass is 641 g/mol. The SMILES string of the molecule is CC(C)(C)OC(=O)CCNC(=O)[C@@H](NC(=O)OC(C)(C)C)C(=O)NCCOCCOCCOCCOc1cccc(C(=O)O)c1. The molecule has 0 radical (unpaired) electrons. The molecule has 4 N–H and O–H groups in total. The Morgan fingerprint density at radius 1 is 0.733 bits per heavy atom. The van der Waals surface area contributed by atoms with E-state index in [0.29, 0.717) is 25.6 Å². The second-order valence-corrected chi connectivity index (χ2v) is 11.5. The van der Waals surface area contributed by atoms with Crippen molar-refractivity contribution in [3.8, 4) is 5.75 Å². The predicted octanol–water partition coefficient (Wildman–Crippen LogP) is 1.67. The van der Waals surface area contributed by atoms with Crippen molar-refractivity contribution in [3.05, 3.63) is 29.8 Å². The van der Waals surface area contributed by atoms with Crippen molar-refractivity contribution in [1.82, 2.24) is 16.0 Å². The number of hydrogen-bond donors (Lipinski definition) is 4. The van der Waals surface area contributed by atoms with Gasteiger partial charge in [0.25, 0.3) is 11.8 Å². The third kappa shape index (κ3) is 19.8. The van der Waals surface area contributed by atoms with Crippen LogP contribution in [0.2, 0.25) is 0 Å². The van der Waals surface area contributed by atoms with Crippen LogP contribution >= 0.6 is 0 Å². The summed E-state index contributed by atoms with van der Waals surface area (Å²) in [5.74, 6) is -2.72. The molecule has 3 amide bonds. The van der Waals surface area contributed by atoms with Crippen molar-refractivity contribution >= 4 is 29.8 Å². The van der Waals surface area contributed by atoms with Crippen LogP contribution in [-0.4, -0.2) is 112 Å². The Kier molecular flexibility index (Phi) is 17.5. The first-order valence-corrected chi connectivity index (χ1v) is 14.5.